The van der Waals surface area contributed by atoms with Crippen molar-refractivity contribution >= 4 is 17.4 Å². The van der Waals surface area contributed by atoms with Gasteiger partial charge in [-0.1, -0.05) is 17.7 Å². The van der Waals surface area contributed by atoms with Crippen LogP contribution in [0.1, 0.15) is 11.1 Å². The zero-order valence-corrected chi connectivity index (χ0v) is 12.0. The van der Waals surface area contributed by atoms with Crippen LogP contribution in [0.15, 0.2) is 42.5 Å². The molecule has 4 nitrogen and oxygen atoms in total. The molecule has 0 heterocycles. The number of carbonyl (C=O) groups is 1. The number of benzene rings is 2. The molecule has 0 aromatic heterocycles. The van der Waals surface area contributed by atoms with E-state index in [2.05, 4.69) is 16.0 Å². The summed E-state index contributed by atoms with van der Waals surface area (Å²) in [4.78, 5) is 11.2. The normalized spacial score (nSPS) is 10.0. The highest BCUT2D eigenvalue weighted by atomic mass is 19.1. The number of urea groups is 1. The fourth-order valence-electron chi connectivity index (χ4n) is 1.90. The lowest BCUT2D eigenvalue weighted by molar-refractivity contribution is 0.254. The first-order valence-corrected chi connectivity index (χ1v) is 6.66. The van der Waals surface area contributed by atoms with Crippen molar-refractivity contribution in [1.82, 2.24) is 5.32 Å². The van der Waals surface area contributed by atoms with E-state index in [1.807, 2.05) is 25.1 Å². The van der Waals surface area contributed by atoms with Crippen molar-refractivity contribution < 1.29 is 9.18 Å². The van der Waals surface area contributed by atoms with Gasteiger partial charge in [0.05, 0.1) is 0 Å². The van der Waals surface area contributed by atoms with E-state index in [9.17, 15) is 9.18 Å². The summed E-state index contributed by atoms with van der Waals surface area (Å²) in [6, 6.07) is 12.0. The van der Waals surface area contributed by atoms with E-state index in [-0.39, 0.29) is 11.8 Å². The Morgan fingerprint density at radius 2 is 1.76 bits per heavy atom. The molecule has 0 aliphatic carbocycles. The summed E-state index contributed by atoms with van der Waals surface area (Å²) in [6.45, 7) is 2.35. The highest BCUT2D eigenvalue weighted by Crippen LogP contribution is 2.16. The maximum atomic E-state index is 13.6. The van der Waals surface area contributed by atoms with E-state index < -0.39 is 0 Å². The average molecular weight is 287 g/mol. The molecule has 0 unspecified atom stereocenters. The van der Waals surface area contributed by atoms with E-state index in [0.717, 1.165) is 11.3 Å². The zero-order valence-electron chi connectivity index (χ0n) is 12.0. The number of nitrogens with one attached hydrogen (secondary N) is 3. The Morgan fingerprint density at radius 3 is 2.43 bits per heavy atom. The number of carbonyl (C=O) groups excluding carboxylic acids is 1. The van der Waals surface area contributed by atoms with Crippen LogP contribution in [0.3, 0.4) is 0 Å². The summed E-state index contributed by atoms with van der Waals surface area (Å²) in [7, 11) is 1.56. The molecule has 0 spiro atoms. The van der Waals surface area contributed by atoms with Crippen LogP contribution in [0, 0.1) is 12.7 Å². The average Bonchev–Trinajstić information content (AvgIpc) is 2.49. The van der Waals surface area contributed by atoms with Crippen molar-refractivity contribution in [2.24, 2.45) is 0 Å². The number of hydrogen-bond acceptors (Lipinski definition) is 2. The molecule has 0 saturated carbocycles. The van der Waals surface area contributed by atoms with E-state index in [4.69, 9.17) is 0 Å². The van der Waals surface area contributed by atoms with Gasteiger partial charge in [0, 0.05) is 30.5 Å². The van der Waals surface area contributed by atoms with Crippen LogP contribution in [0.4, 0.5) is 20.6 Å². The molecule has 2 aromatic rings. The minimum Gasteiger partial charge on any atom is -0.381 e. The molecule has 110 valence electrons. The fourth-order valence-corrected chi connectivity index (χ4v) is 1.90. The van der Waals surface area contributed by atoms with Crippen LogP contribution in [0.25, 0.3) is 0 Å². The lowest BCUT2D eigenvalue weighted by atomic mass is 10.1. The van der Waals surface area contributed by atoms with Crippen LogP contribution in [0.5, 0.6) is 0 Å². The first-order chi connectivity index (χ1) is 10.1. The van der Waals surface area contributed by atoms with Crippen LogP contribution in [-0.2, 0) is 6.54 Å². The van der Waals surface area contributed by atoms with Crippen LogP contribution < -0.4 is 16.0 Å². The number of aryl methyl sites for hydroxylation is 1. The largest absolute Gasteiger partial charge is 0.381 e. The lowest BCUT2D eigenvalue weighted by Crippen LogP contribution is -2.24. The van der Waals surface area contributed by atoms with Gasteiger partial charge in [0.1, 0.15) is 5.82 Å². The van der Waals surface area contributed by atoms with Gasteiger partial charge in [-0.2, -0.15) is 0 Å². The Balaban J connectivity index is 1.97. The third-order valence-electron chi connectivity index (χ3n) is 3.05. The van der Waals surface area contributed by atoms with Crippen molar-refractivity contribution in [3.63, 3.8) is 0 Å². The molecule has 0 saturated heterocycles. The Morgan fingerprint density at radius 1 is 1.10 bits per heavy atom. The fraction of sp³-hybridized carbons (Fsp3) is 0.188. The van der Waals surface area contributed by atoms with Crippen LogP contribution in [-0.4, -0.2) is 13.1 Å². The SMILES string of the molecule is CNC(=O)Nc1ccc(NCc2cc(C)ccc2F)cc1. The van der Waals surface area contributed by atoms with Gasteiger partial charge in [-0.15, -0.1) is 0 Å². The molecular formula is C16H18FN3O. The molecular weight excluding hydrogens is 269 g/mol. The minimum absolute atomic E-state index is 0.217. The first kappa shape index (κ1) is 14.8. The number of amides is 2. The predicted octanol–water partition coefficient (Wildman–Crippen LogP) is 3.50. The second kappa shape index (κ2) is 6.74. The Kier molecular flexibility index (Phi) is 4.77. The second-order valence-electron chi connectivity index (χ2n) is 4.73. The number of rotatable bonds is 4. The van der Waals surface area contributed by atoms with Crippen molar-refractivity contribution in [3.8, 4) is 0 Å². The van der Waals surface area contributed by atoms with E-state index in [1.54, 1.807) is 25.2 Å². The number of halogens is 1. The summed E-state index contributed by atoms with van der Waals surface area (Å²) in [5.74, 6) is -0.217. The Hall–Kier alpha value is -2.56. The molecule has 2 rings (SSSR count). The van der Waals surface area contributed by atoms with Gasteiger partial charge in [-0.3, -0.25) is 0 Å². The zero-order chi connectivity index (χ0) is 15.2. The third-order valence-corrected chi connectivity index (χ3v) is 3.05. The molecule has 0 aliphatic heterocycles. The standard InChI is InChI=1S/C16H18FN3O/c1-11-3-8-15(17)12(9-11)10-19-13-4-6-14(7-5-13)20-16(21)18-2/h3-9,19H,10H2,1-2H3,(H2,18,20,21). The van der Waals surface area contributed by atoms with Crippen LogP contribution >= 0.6 is 0 Å². The molecule has 21 heavy (non-hydrogen) atoms. The van der Waals surface area contributed by atoms with Gasteiger partial charge in [0.2, 0.25) is 0 Å². The molecule has 2 amide bonds. The van der Waals surface area contributed by atoms with Gasteiger partial charge in [0.15, 0.2) is 0 Å². The molecule has 3 N–H and O–H groups in total. The summed E-state index contributed by atoms with van der Waals surface area (Å²) in [5, 5.41) is 8.31. The molecule has 2 aromatic carbocycles. The van der Waals surface area contributed by atoms with Crippen molar-refractivity contribution in [2.75, 3.05) is 17.7 Å². The lowest BCUT2D eigenvalue weighted by Gasteiger charge is -2.09. The van der Waals surface area contributed by atoms with E-state index in [1.165, 1.54) is 6.07 Å². The Bertz CT molecular complexity index is 626. The molecule has 0 radical (unpaired) electrons. The number of anilines is 2. The summed E-state index contributed by atoms with van der Waals surface area (Å²) in [5.41, 5.74) is 3.21. The molecule has 5 heteroatoms. The van der Waals surface area contributed by atoms with E-state index >= 15 is 0 Å². The summed E-state index contributed by atoms with van der Waals surface area (Å²) >= 11 is 0. The van der Waals surface area contributed by atoms with Crippen molar-refractivity contribution in [2.45, 2.75) is 13.5 Å². The molecule has 0 aliphatic rings. The van der Waals surface area contributed by atoms with Crippen molar-refractivity contribution in [1.29, 1.82) is 0 Å². The quantitative estimate of drug-likeness (QED) is 0.806. The third kappa shape index (κ3) is 4.21. The topological polar surface area (TPSA) is 53.2 Å². The molecule has 0 atom stereocenters. The smallest absolute Gasteiger partial charge is 0.318 e. The van der Waals surface area contributed by atoms with Gasteiger partial charge < -0.3 is 16.0 Å². The monoisotopic (exact) mass is 287 g/mol. The van der Waals surface area contributed by atoms with E-state index in [0.29, 0.717) is 17.8 Å². The maximum absolute atomic E-state index is 13.6. The van der Waals surface area contributed by atoms with Gasteiger partial charge in [0.25, 0.3) is 0 Å². The predicted molar refractivity (Wildman–Crippen MR) is 83.0 cm³/mol. The van der Waals surface area contributed by atoms with Gasteiger partial charge in [-0.25, -0.2) is 9.18 Å². The summed E-state index contributed by atoms with van der Waals surface area (Å²) < 4.78 is 13.6. The van der Waals surface area contributed by atoms with Gasteiger partial charge >= 0.3 is 6.03 Å². The second-order valence-corrected chi connectivity index (χ2v) is 4.73. The molecule has 0 fully saturated rings. The van der Waals surface area contributed by atoms with Gasteiger partial charge in [-0.05, 0) is 37.3 Å². The highest BCUT2D eigenvalue weighted by Gasteiger charge is 2.03. The van der Waals surface area contributed by atoms with Crippen molar-refractivity contribution in [3.05, 3.63) is 59.4 Å². The molecule has 0 bridgehead atoms. The minimum atomic E-state index is -0.266. The Labute approximate surface area is 123 Å². The first-order valence-electron chi connectivity index (χ1n) is 6.66. The van der Waals surface area contributed by atoms with Crippen LogP contribution in [0.2, 0.25) is 0 Å². The highest BCUT2D eigenvalue weighted by molar-refractivity contribution is 5.89. The number of hydrogen-bond donors (Lipinski definition) is 3. The summed E-state index contributed by atoms with van der Waals surface area (Å²) in [6.07, 6.45) is 0. The maximum Gasteiger partial charge on any atom is 0.318 e.